The molecule has 1 saturated heterocycles. The largest absolute Gasteiger partial charge is 0.389 e. The first-order valence-corrected chi connectivity index (χ1v) is 12.4. The molecule has 9 nitrogen and oxygen atoms in total. The van der Waals surface area contributed by atoms with E-state index in [0.717, 1.165) is 41.2 Å². The van der Waals surface area contributed by atoms with Crippen molar-refractivity contribution in [2.75, 3.05) is 18.0 Å². The summed E-state index contributed by atoms with van der Waals surface area (Å²) in [6.07, 6.45) is 2.89. The first kappa shape index (κ1) is 24.7. The van der Waals surface area contributed by atoms with Gasteiger partial charge in [-0.25, -0.2) is 9.97 Å². The third-order valence-electron chi connectivity index (χ3n) is 6.30. The van der Waals surface area contributed by atoms with Crippen LogP contribution in [0, 0.1) is 0 Å². The van der Waals surface area contributed by atoms with Gasteiger partial charge in [-0.15, -0.1) is 0 Å². The molecule has 190 valence electrons. The maximum absolute atomic E-state index is 12.6. The molecular weight excluding hydrogens is 468 g/mol. The maximum Gasteiger partial charge on any atom is 0.270 e. The number of nitrogens with zero attached hydrogens (tertiary/aromatic N) is 5. The van der Waals surface area contributed by atoms with E-state index in [1.165, 1.54) is 6.20 Å². The van der Waals surface area contributed by atoms with Crippen LogP contribution in [0.2, 0.25) is 0 Å². The van der Waals surface area contributed by atoms with E-state index in [4.69, 9.17) is 14.7 Å². The molecule has 4 aromatic heterocycles. The average molecular weight is 499 g/mol. The molecule has 4 aromatic rings. The van der Waals surface area contributed by atoms with Gasteiger partial charge in [-0.3, -0.25) is 14.8 Å². The zero-order valence-electron chi connectivity index (χ0n) is 21.1. The van der Waals surface area contributed by atoms with Crippen molar-refractivity contribution in [2.24, 2.45) is 0 Å². The second-order valence-electron chi connectivity index (χ2n) is 9.44. The highest BCUT2D eigenvalue weighted by Crippen LogP contribution is 2.24. The fourth-order valence-corrected chi connectivity index (χ4v) is 4.50. The lowest BCUT2D eigenvalue weighted by atomic mass is 10.1. The number of rotatable bonds is 6. The average Bonchev–Trinajstić information content (AvgIpc) is 2.91. The lowest BCUT2D eigenvalue weighted by Gasteiger charge is -2.36. The van der Waals surface area contributed by atoms with Crippen LogP contribution in [0.5, 0.6) is 0 Å². The van der Waals surface area contributed by atoms with Crippen molar-refractivity contribution < 1.29 is 14.6 Å². The molecule has 37 heavy (non-hydrogen) atoms. The highest BCUT2D eigenvalue weighted by Gasteiger charge is 2.23. The number of aromatic nitrogens is 4. The van der Waals surface area contributed by atoms with E-state index >= 15 is 0 Å². The number of aliphatic hydroxyl groups is 1. The van der Waals surface area contributed by atoms with Crippen molar-refractivity contribution in [2.45, 2.75) is 45.6 Å². The minimum atomic E-state index is -0.673. The summed E-state index contributed by atoms with van der Waals surface area (Å²) in [5, 5.41) is 13.5. The van der Waals surface area contributed by atoms with Gasteiger partial charge in [-0.05, 0) is 68.8 Å². The van der Waals surface area contributed by atoms with Crippen molar-refractivity contribution in [1.82, 2.24) is 25.3 Å². The van der Waals surface area contributed by atoms with Crippen LogP contribution in [-0.2, 0) is 11.3 Å². The lowest BCUT2D eigenvalue weighted by molar-refractivity contribution is -0.00545. The van der Waals surface area contributed by atoms with Crippen molar-refractivity contribution in [1.29, 1.82) is 0 Å². The van der Waals surface area contributed by atoms with Crippen molar-refractivity contribution in [3.8, 4) is 11.4 Å². The van der Waals surface area contributed by atoms with Gasteiger partial charge in [0, 0.05) is 30.9 Å². The molecule has 5 heterocycles. The van der Waals surface area contributed by atoms with Gasteiger partial charge in [-0.2, -0.15) is 0 Å². The van der Waals surface area contributed by atoms with Gasteiger partial charge < -0.3 is 20.1 Å². The molecule has 0 aliphatic carbocycles. The molecule has 1 aliphatic heterocycles. The summed E-state index contributed by atoms with van der Waals surface area (Å²) in [4.78, 5) is 33.1. The number of amides is 1. The molecule has 0 radical (unpaired) electrons. The summed E-state index contributed by atoms with van der Waals surface area (Å²) in [5.74, 6) is 0.576. The minimum Gasteiger partial charge on any atom is -0.389 e. The van der Waals surface area contributed by atoms with Crippen LogP contribution >= 0.6 is 0 Å². The van der Waals surface area contributed by atoms with E-state index in [-0.39, 0.29) is 30.4 Å². The first-order valence-electron chi connectivity index (χ1n) is 12.4. The molecule has 9 heteroatoms. The Hall–Kier alpha value is -3.95. The van der Waals surface area contributed by atoms with E-state index in [1.807, 2.05) is 36.4 Å². The normalized spacial score (nSPS) is 18.5. The number of carbonyl (C=O) groups is 1. The molecule has 0 unspecified atom stereocenters. The highest BCUT2D eigenvalue weighted by molar-refractivity contribution is 5.92. The number of nitrogens with one attached hydrogen (secondary N) is 1. The standard InChI is InChI=1S/C28H30N6O3/c1-17-15-34(16-18(2)37-17)27-6-4-5-23(33-27)24-8-7-21-13-30-22(12-25(21)32-24)14-31-28(36)26-11-20(19(3)35)9-10-29-26/h4-13,17-19,35H,14-16H2,1-3H3,(H,31,36)/t17-,18+,19-/m1/s1. The quantitative estimate of drug-likeness (QED) is 0.414. The van der Waals surface area contributed by atoms with E-state index in [1.54, 1.807) is 25.3 Å². The predicted octanol–water partition coefficient (Wildman–Crippen LogP) is 3.68. The van der Waals surface area contributed by atoms with Crippen LogP contribution < -0.4 is 10.2 Å². The molecule has 0 aromatic carbocycles. The number of morpholine rings is 1. The van der Waals surface area contributed by atoms with Gasteiger partial charge >= 0.3 is 0 Å². The Bertz CT molecular complexity index is 1420. The molecule has 0 bridgehead atoms. The summed E-state index contributed by atoms with van der Waals surface area (Å²) in [6.45, 7) is 7.62. The van der Waals surface area contributed by atoms with Gasteiger partial charge in [0.15, 0.2) is 0 Å². The molecule has 5 rings (SSSR count). The Morgan fingerprint density at radius 3 is 2.65 bits per heavy atom. The number of hydrogen-bond donors (Lipinski definition) is 2. The second kappa shape index (κ2) is 10.6. The maximum atomic E-state index is 12.6. The predicted molar refractivity (Wildman–Crippen MR) is 141 cm³/mol. The molecule has 1 aliphatic rings. The summed E-state index contributed by atoms with van der Waals surface area (Å²) in [6, 6.07) is 15.0. The number of pyridine rings is 4. The van der Waals surface area contributed by atoms with Crippen LogP contribution in [-0.4, -0.2) is 56.2 Å². The zero-order chi connectivity index (χ0) is 25.9. The Morgan fingerprint density at radius 1 is 1.08 bits per heavy atom. The molecule has 2 N–H and O–H groups in total. The van der Waals surface area contributed by atoms with Gasteiger partial charge in [0.05, 0.1) is 47.5 Å². The van der Waals surface area contributed by atoms with E-state index in [0.29, 0.717) is 11.3 Å². The molecule has 3 atom stereocenters. The molecule has 0 spiro atoms. The Labute approximate surface area is 215 Å². The number of ether oxygens (including phenoxy) is 1. The second-order valence-corrected chi connectivity index (χ2v) is 9.44. The van der Waals surface area contributed by atoms with Crippen molar-refractivity contribution in [3.63, 3.8) is 0 Å². The monoisotopic (exact) mass is 498 g/mol. The van der Waals surface area contributed by atoms with Crippen LogP contribution in [0.25, 0.3) is 22.3 Å². The summed E-state index contributed by atoms with van der Waals surface area (Å²) >= 11 is 0. The SMILES string of the molecule is C[C@@H]1CN(c2cccc(-c3ccc4cnc(CNC(=O)c5cc([C@@H](C)O)ccn5)cc4n3)n2)C[C@H](C)O1. The highest BCUT2D eigenvalue weighted by atomic mass is 16.5. The van der Waals surface area contributed by atoms with Crippen LogP contribution in [0.15, 0.2) is 60.9 Å². The van der Waals surface area contributed by atoms with Gasteiger partial charge in [0.25, 0.3) is 5.91 Å². The Morgan fingerprint density at radius 2 is 1.86 bits per heavy atom. The van der Waals surface area contributed by atoms with E-state index in [9.17, 15) is 9.90 Å². The molecular formula is C28H30N6O3. The summed E-state index contributed by atoms with van der Waals surface area (Å²) in [7, 11) is 0. The fraction of sp³-hybridized carbons (Fsp3) is 0.321. The zero-order valence-corrected chi connectivity index (χ0v) is 21.1. The first-order chi connectivity index (χ1) is 17.9. The van der Waals surface area contributed by atoms with Gasteiger partial charge in [-0.1, -0.05) is 6.07 Å². The van der Waals surface area contributed by atoms with Crippen LogP contribution in [0.1, 0.15) is 48.6 Å². The Kier molecular flexibility index (Phi) is 7.07. The number of carbonyl (C=O) groups excluding carboxylic acids is 1. The van der Waals surface area contributed by atoms with Crippen molar-refractivity contribution >= 4 is 22.6 Å². The smallest absolute Gasteiger partial charge is 0.270 e. The number of hydrogen-bond acceptors (Lipinski definition) is 8. The van der Waals surface area contributed by atoms with Crippen molar-refractivity contribution in [3.05, 3.63) is 77.9 Å². The van der Waals surface area contributed by atoms with E-state index < -0.39 is 6.10 Å². The number of fused-ring (bicyclic) bond motifs is 1. The molecule has 1 fully saturated rings. The summed E-state index contributed by atoms with van der Waals surface area (Å²) < 4.78 is 5.86. The summed E-state index contributed by atoms with van der Waals surface area (Å²) in [5.41, 5.74) is 3.89. The van der Waals surface area contributed by atoms with Crippen LogP contribution in [0.3, 0.4) is 0 Å². The Balaban J connectivity index is 1.33. The third kappa shape index (κ3) is 5.73. The molecule has 1 amide bonds. The number of anilines is 1. The van der Waals surface area contributed by atoms with E-state index in [2.05, 4.69) is 34.0 Å². The van der Waals surface area contributed by atoms with Gasteiger partial charge in [0.2, 0.25) is 0 Å². The fourth-order valence-electron chi connectivity index (χ4n) is 4.50. The minimum absolute atomic E-state index is 0.150. The lowest BCUT2D eigenvalue weighted by Crippen LogP contribution is -2.45. The molecule has 0 saturated carbocycles. The van der Waals surface area contributed by atoms with Gasteiger partial charge in [0.1, 0.15) is 11.5 Å². The third-order valence-corrected chi connectivity index (χ3v) is 6.30. The topological polar surface area (TPSA) is 113 Å². The number of aliphatic hydroxyl groups excluding tert-OH is 1. The van der Waals surface area contributed by atoms with Crippen LogP contribution in [0.4, 0.5) is 5.82 Å².